The van der Waals surface area contributed by atoms with Crippen LogP contribution >= 0.6 is 12.2 Å². The third-order valence-electron chi connectivity index (χ3n) is 3.29. The summed E-state index contributed by atoms with van der Waals surface area (Å²) in [5.74, 6) is 0. The van der Waals surface area contributed by atoms with Crippen molar-refractivity contribution in [3.63, 3.8) is 0 Å². The summed E-state index contributed by atoms with van der Waals surface area (Å²) in [6, 6.07) is 0. The molecule has 4 nitrogen and oxygen atoms in total. The molecule has 0 fully saturated rings. The molecule has 0 aliphatic rings. The Morgan fingerprint density at radius 3 is 2.67 bits per heavy atom. The predicted octanol–water partition coefficient (Wildman–Crippen LogP) is 3.58. The molecule has 0 atom stereocenters. The summed E-state index contributed by atoms with van der Waals surface area (Å²) >= 11 is 5.43. The zero-order chi connectivity index (χ0) is 13.1. The summed E-state index contributed by atoms with van der Waals surface area (Å²) < 4.78 is 4.97. The van der Waals surface area contributed by atoms with Crippen LogP contribution < -0.4 is 0 Å². The van der Waals surface area contributed by atoms with E-state index < -0.39 is 0 Å². The summed E-state index contributed by atoms with van der Waals surface area (Å²) in [6.45, 7) is 5.38. The average molecular weight is 266 g/mol. The molecule has 2 rings (SSSR count). The Kier molecular flexibility index (Phi) is 4.22. The van der Waals surface area contributed by atoms with Gasteiger partial charge >= 0.3 is 0 Å². The van der Waals surface area contributed by atoms with Gasteiger partial charge in [0, 0.05) is 13.6 Å². The van der Waals surface area contributed by atoms with Gasteiger partial charge in [0.25, 0.3) is 0 Å². The van der Waals surface area contributed by atoms with E-state index in [9.17, 15) is 0 Å². The van der Waals surface area contributed by atoms with Crippen LogP contribution in [0.2, 0.25) is 0 Å². The van der Waals surface area contributed by atoms with Crippen LogP contribution in [0.1, 0.15) is 45.2 Å². The van der Waals surface area contributed by atoms with Gasteiger partial charge in [0.05, 0.1) is 5.69 Å². The highest BCUT2D eigenvalue weighted by Gasteiger charge is 2.14. The fraction of sp³-hybridized carbons (Fsp3) is 0.692. The Labute approximate surface area is 113 Å². The van der Waals surface area contributed by atoms with Crippen molar-refractivity contribution < 1.29 is 0 Å². The molecule has 0 aliphatic heterocycles. The molecule has 5 heteroatoms. The van der Waals surface area contributed by atoms with Gasteiger partial charge in [-0.1, -0.05) is 33.1 Å². The number of hydrogen-bond acceptors (Lipinski definition) is 2. The summed E-state index contributed by atoms with van der Waals surface area (Å²) in [5, 5.41) is 4.59. The number of nitrogens with one attached hydrogen (secondary N) is 1. The molecule has 0 aliphatic carbocycles. The number of unbranched alkanes of at least 4 members (excludes halogenated alkanes) is 2. The third-order valence-corrected chi connectivity index (χ3v) is 3.62. The molecular formula is C13H22N4S. The van der Waals surface area contributed by atoms with Crippen LogP contribution in [0.15, 0.2) is 0 Å². The number of imidazole rings is 1. The molecule has 0 saturated carbocycles. The molecule has 0 bridgehead atoms. The SMILES string of the molecule is CCCCCn1c(=S)[nH]c2c(CCC)nn(C)c21. The van der Waals surface area contributed by atoms with Gasteiger partial charge < -0.3 is 9.55 Å². The molecule has 2 heterocycles. The van der Waals surface area contributed by atoms with Crippen LogP contribution in [0.4, 0.5) is 0 Å². The van der Waals surface area contributed by atoms with Crippen LogP contribution in [0, 0.1) is 4.77 Å². The lowest BCUT2D eigenvalue weighted by atomic mass is 10.2. The number of rotatable bonds is 6. The quantitative estimate of drug-likeness (QED) is 0.641. The second kappa shape index (κ2) is 5.69. The maximum absolute atomic E-state index is 5.43. The van der Waals surface area contributed by atoms with E-state index in [0.717, 1.165) is 41.0 Å². The number of hydrogen-bond donors (Lipinski definition) is 1. The lowest BCUT2D eigenvalue weighted by Gasteiger charge is -2.03. The smallest absolute Gasteiger partial charge is 0.179 e. The standard InChI is InChI=1S/C13H22N4S/c1-4-6-7-9-17-12-11(14-13(17)18)10(8-5-2)15-16(12)3/h4-9H2,1-3H3,(H,14,18). The minimum absolute atomic E-state index is 0.825. The Balaban J connectivity index is 2.40. The fourth-order valence-electron chi connectivity index (χ4n) is 2.42. The number of H-pyrrole nitrogens is 1. The maximum atomic E-state index is 5.43. The van der Waals surface area contributed by atoms with Crippen molar-refractivity contribution in [1.82, 2.24) is 19.3 Å². The summed E-state index contributed by atoms with van der Waals surface area (Å²) in [7, 11) is 2.00. The zero-order valence-corrected chi connectivity index (χ0v) is 12.3. The molecule has 1 N–H and O–H groups in total. The first-order chi connectivity index (χ1) is 8.69. The van der Waals surface area contributed by atoms with E-state index in [1.165, 1.54) is 19.3 Å². The van der Waals surface area contributed by atoms with Crippen LogP contribution in [0.3, 0.4) is 0 Å². The highest BCUT2D eigenvalue weighted by Crippen LogP contribution is 2.19. The molecule has 0 saturated heterocycles. The van der Waals surface area contributed by atoms with Crippen LogP contribution in [0.25, 0.3) is 11.2 Å². The van der Waals surface area contributed by atoms with Gasteiger partial charge in [-0.25, -0.2) is 0 Å². The first-order valence-electron chi connectivity index (χ1n) is 6.83. The molecular weight excluding hydrogens is 244 g/mol. The lowest BCUT2D eigenvalue weighted by Crippen LogP contribution is -2.03. The minimum Gasteiger partial charge on any atom is -0.328 e. The van der Waals surface area contributed by atoms with Gasteiger partial charge in [-0.3, -0.25) is 4.68 Å². The second-order valence-corrected chi connectivity index (χ2v) is 5.19. The van der Waals surface area contributed by atoms with E-state index in [1.54, 1.807) is 0 Å². The van der Waals surface area contributed by atoms with E-state index >= 15 is 0 Å². The van der Waals surface area contributed by atoms with Gasteiger partial charge in [-0.15, -0.1) is 0 Å². The van der Waals surface area contributed by atoms with Gasteiger partial charge in [0.1, 0.15) is 5.52 Å². The highest BCUT2D eigenvalue weighted by molar-refractivity contribution is 7.71. The average Bonchev–Trinajstić information content (AvgIpc) is 2.80. The maximum Gasteiger partial charge on any atom is 0.179 e. The topological polar surface area (TPSA) is 38.5 Å². The van der Waals surface area contributed by atoms with Crippen LogP contribution in [0.5, 0.6) is 0 Å². The van der Waals surface area contributed by atoms with Gasteiger partial charge in [-0.05, 0) is 25.1 Å². The molecule has 0 spiro atoms. The van der Waals surface area contributed by atoms with Crippen molar-refractivity contribution >= 4 is 23.4 Å². The molecule has 2 aromatic rings. The molecule has 0 radical (unpaired) electrons. The van der Waals surface area contributed by atoms with E-state index in [1.807, 2.05) is 11.7 Å². The third kappa shape index (κ3) is 2.36. The van der Waals surface area contributed by atoms with Gasteiger partial charge in [-0.2, -0.15) is 5.10 Å². The van der Waals surface area contributed by atoms with Crippen molar-refractivity contribution in [1.29, 1.82) is 0 Å². The molecule has 100 valence electrons. The van der Waals surface area contributed by atoms with Crippen LogP contribution in [-0.4, -0.2) is 19.3 Å². The highest BCUT2D eigenvalue weighted by atomic mass is 32.1. The first-order valence-corrected chi connectivity index (χ1v) is 7.24. The normalized spacial score (nSPS) is 11.5. The van der Waals surface area contributed by atoms with Gasteiger partial charge in [0.15, 0.2) is 10.4 Å². The molecule has 0 amide bonds. The molecule has 2 aromatic heterocycles. The van der Waals surface area contributed by atoms with E-state index in [-0.39, 0.29) is 0 Å². The number of aryl methyl sites for hydroxylation is 3. The van der Waals surface area contributed by atoms with Crippen LogP contribution in [-0.2, 0) is 20.0 Å². The van der Waals surface area contributed by atoms with Crippen molar-refractivity contribution in [2.24, 2.45) is 7.05 Å². The van der Waals surface area contributed by atoms with Crippen molar-refractivity contribution in [2.45, 2.75) is 52.5 Å². The zero-order valence-electron chi connectivity index (χ0n) is 11.5. The van der Waals surface area contributed by atoms with Crippen molar-refractivity contribution in [2.75, 3.05) is 0 Å². The monoisotopic (exact) mass is 266 g/mol. The summed E-state index contributed by atoms with van der Waals surface area (Å²) in [4.78, 5) is 3.32. The summed E-state index contributed by atoms with van der Waals surface area (Å²) in [6.07, 6.45) is 5.75. The Hall–Kier alpha value is -1.10. The van der Waals surface area contributed by atoms with Crippen molar-refractivity contribution in [3.05, 3.63) is 10.5 Å². The van der Waals surface area contributed by atoms with E-state index in [0.29, 0.717) is 0 Å². The van der Waals surface area contributed by atoms with E-state index in [2.05, 4.69) is 28.5 Å². The Bertz CT molecular complexity index is 576. The Morgan fingerprint density at radius 2 is 2.00 bits per heavy atom. The molecule has 0 aromatic carbocycles. The number of aromatic amines is 1. The minimum atomic E-state index is 0.825. The molecule has 18 heavy (non-hydrogen) atoms. The second-order valence-electron chi connectivity index (χ2n) is 4.81. The number of fused-ring (bicyclic) bond motifs is 1. The number of nitrogens with zero attached hydrogens (tertiary/aromatic N) is 3. The van der Waals surface area contributed by atoms with Crippen molar-refractivity contribution in [3.8, 4) is 0 Å². The molecule has 0 unspecified atom stereocenters. The lowest BCUT2D eigenvalue weighted by molar-refractivity contribution is 0.593. The predicted molar refractivity (Wildman–Crippen MR) is 77.4 cm³/mol. The fourth-order valence-corrected chi connectivity index (χ4v) is 2.70. The van der Waals surface area contributed by atoms with E-state index in [4.69, 9.17) is 12.2 Å². The number of aromatic nitrogens is 4. The Morgan fingerprint density at radius 1 is 1.22 bits per heavy atom. The van der Waals surface area contributed by atoms with Gasteiger partial charge in [0.2, 0.25) is 0 Å². The largest absolute Gasteiger partial charge is 0.328 e. The summed E-state index contributed by atoms with van der Waals surface area (Å²) in [5.41, 5.74) is 3.40. The first kappa shape index (κ1) is 13.3.